The third kappa shape index (κ3) is 3.56. The quantitative estimate of drug-likeness (QED) is 0.621. The van der Waals surface area contributed by atoms with Crippen molar-refractivity contribution in [3.8, 4) is 0 Å². The fraction of sp³-hybridized carbons (Fsp3) is 0.692. The number of aromatic nitrogens is 2. The third-order valence-corrected chi connectivity index (χ3v) is 4.19. The number of carbonyl (C=O) groups is 1. The highest BCUT2D eigenvalue weighted by atomic mass is 35.5. The lowest BCUT2D eigenvalue weighted by molar-refractivity contribution is -0.385. The Morgan fingerprint density at radius 1 is 1.59 bits per heavy atom. The summed E-state index contributed by atoms with van der Waals surface area (Å²) in [5, 5.41) is 17.7. The smallest absolute Gasteiger partial charge is 0.307 e. The Labute approximate surface area is 135 Å². The van der Waals surface area contributed by atoms with Crippen molar-refractivity contribution >= 4 is 24.0 Å². The van der Waals surface area contributed by atoms with E-state index in [9.17, 15) is 14.9 Å². The molecular formula is C13H22ClN5O3. The third-order valence-electron chi connectivity index (χ3n) is 4.19. The van der Waals surface area contributed by atoms with Gasteiger partial charge in [-0.25, -0.2) is 0 Å². The molecule has 0 radical (unpaired) electrons. The van der Waals surface area contributed by atoms with E-state index >= 15 is 0 Å². The number of hydrogen-bond acceptors (Lipinski definition) is 5. The molecule has 1 heterocycles. The second-order valence-corrected chi connectivity index (χ2v) is 5.97. The highest BCUT2D eigenvalue weighted by Crippen LogP contribution is 2.26. The fourth-order valence-corrected chi connectivity index (χ4v) is 2.67. The van der Waals surface area contributed by atoms with E-state index in [0.717, 1.165) is 25.5 Å². The minimum absolute atomic E-state index is 0. The van der Waals surface area contributed by atoms with Crippen LogP contribution < -0.4 is 11.1 Å². The molecule has 8 nitrogen and oxygen atoms in total. The van der Waals surface area contributed by atoms with Gasteiger partial charge in [0.25, 0.3) is 0 Å². The summed E-state index contributed by atoms with van der Waals surface area (Å²) in [5.74, 6) is 0.0996. The molecule has 1 aliphatic carbocycles. The van der Waals surface area contributed by atoms with Crippen LogP contribution in [-0.4, -0.2) is 33.2 Å². The zero-order valence-electron chi connectivity index (χ0n) is 12.7. The van der Waals surface area contributed by atoms with Crippen molar-refractivity contribution in [2.45, 2.75) is 44.7 Å². The molecule has 9 heteroatoms. The highest BCUT2D eigenvalue weighted by Gasteiger charge is 2.36. The molecule has 1 aliphatic rings. The molecule has 0 aromatic carbocycles. The second-order valence-electron chi connectivity index (χ2n) is 5.97. The topological polar surface area (TPSA) is 116 Å². The lowest BCUT2D eigenvalue weighted by Crippen LogP contribution is -2.50. The minimum atomic E-state index is -0.990. The predicted octanol–water partition coefficient (Wildman–Crippen LogP) is 1.19. The molecule has 0 saturated heterocycles. The maximum Gasteiger partial charge on any atom is 0.307 e. The first kappa shape index (κ1) is 18.4. The first-order chi connectivity index (χ1) is 9.86. The highest BCUT2D eigenvalue weighted by molar-refractivity contribution is 5.85. The maximum absolute atomic E-state index is 12.5. The van der Waals surface area contributed by atoms with Gasteiger partial charge in [-0.05, 0) is 39.2 Å². The predicted molar refractivity (Wildman–Crippen MR) is 83.8 cm³/mol. The molecular weight excluding hydrogens is 310 g/mol. The number of nitro groups is 1. The van der Waals surface area contributed by atoms with Crippen LogP contribution in [0.25, 0.3) is 0 Å². The largest absolute Gasteiger partial charge is 0.351 e. The molecule has 2 rings (SSSR count). The lowest BCUT2D eigenvalue weighted by Gasteiger charge is -2.28. The van der Waals surface area contributed by atoms with Gasteiger partial charge in [0.1, 0.15) is 17.9 Å². The van der Waals surface area contributed by atoms with E-state index in [-0.39, 0.29) is 30.0 Å². The zero-order chi connectivity index (χ0) is 15.6. The second kappa shape index (κ2) is 7.06. The molecule has 1 amide bonds. The number of carbonyl (C=O) groups excluding carboxylic acids is 1. The molecule has 3 N–H and O–H groups in total. The summed E-state index contributed by atoms with van der Waals surface area (Å²) in [6, 6.07) is 0.0762. The van der Waals surface area contributed by atoms with Gasteiger partial charge in [-0.15, -0.1) is 12.4 Å². The number of nitrogens with zero attached hydrogens (tertiary/aromatic N) is 3. The summed E-state index contributed by atoms with van der Waals surface area (Å²) < 4.78 is 1.33. The number of amides is 1. The van der Waals surface area contributed by atoms with Crippen LogP contribution >= 0.6 is 12.4 Å². The normalized spacial score (nSPS) is 21.2. The van der Waals surface area contributed by atoms with Gasteiger partial charge in [0.05, 0.1) is 4.92 Å². The molecule has 2 atom stereocenters. The number of nitrogens with two attached hydrogens (primary N) is 1. The Bertz CT molecular complexity index is 546. The molecule has 0 spiro atoms. The van der Waals surface area contributed by atoms with Gasteiger partial charge in [-0.2, -0.15) is 5.10 Å². The van der Waals surface area contributed by atoms with E-state index in [0.29, 0.717) is 12.5 Å². The molecule has 2 unspecified atom stereocenters. The summed E-state index contributed by atoms with van der Waals surface area (Å²) in [4.78, 5) is 22.7. The van der Waals surface area contributed by atoms with Crippen LogP contribution in [0, 0.1) is 16.0 Å². The Hall–Kier alpha value is -1.67. The van der Waals surface area contributed by atoms with E-state index in [2.05, 4.69) is 10.4 Å². The Morgan fingerprint density at radius 2 is 2.27 bits per heavy atom. The van der Waals surface area contributed by atoms with Crippen LogP contribution in [0.3, 0.4) is 0 Å². The Morgan fingerprint density at radius 3 is 2.82 bits per heavy atom. The average Bonchev–Trinajstić information content (AvgIpc) is 3.07. The molecule has 0 aliphatic heterocycles. The first-order valence-corrected chi connectivity index (χ1v) is 7.07. The van der Waals surface area contributed by atoms with Gasteiger partial charge in [0.2, 0.25) is 5.91 Å². The summed E-state index contributed by atoms with van der Waals surface area (Å²) in [6.45, 7) is 3.93. The summed E-state index contributed by atoms with van der Waals surface area (Å²) >= 11 is 0. The number of halogens is 1. The van der Waals surface area contributed by atoms with Crippen molar-refractivity contribution in [3.05, 3.63) is 22.5 Å². The van der Waals surface area contributed by atoms with Gasteiger partial charge in [0, 0.05) is 6.04 Å². The SMILES string of the molecule is CC(C)(C(=O)NC1CCCC1CN)n1cc([N+](=O)[O-])cn1.Cl. The monoisotopic (exact) mass is 331 g/mol. The maximum atomic E-state index is 12.5. The van der Waals surface area contributed by atoms with E-state index in [4.69, 9.17) is 5.73 Å². The van der Waals surface area contributed by atoms with Crippen molar-refractivity contribution < 1.29 is 9.72 Å². The molecule has 22 heavy (non-hydrogen) atoms. The van der Waals surface area contributed by atoms with E-state index in [1.165, 1.54) is 10.9 Å². The minimum Gasteiger partial charge on any atom is -0.351 e. The van der Waals surface area contributed by atoms with Gasteiger partial charge >= 0.3 is 5.69 Å². The van der Waals surface area contributed by atoms with Gasteiger partial charge in [-0.3, -0.25) is 19.6 Å². The van der Waals surface area contributed by atoms with Crippen LogP contribution in [0.5, 0.6) is 0 Å². The van der Waals surface area contributed by atoms with Crippen molar-refractivity contribution in [2.24, 2.45) is 11.7 Å². The van der Waals surface area contributed by atoms with Crippen molar-refractivity contribution in [3.63, 3.8) is 0 Å². The molecule has 0 bridgehead atoms. The number of hydrogen-bond donors (Lipinski definition) is 2. The molecule has 1 aromatic heterocycles. The molecule has 1 saturated carbocycles. The Balaban J connectivity index is 0.00000242. The summed E-state index contributed by atoms with van der Waals surface area (Å²) in [5.41, 5.74) is 4.59. The summed E-state index contributed by atoms with van der Waals surface area (Å²) in [7, 11) is 0. The van der Waals surface area contributed by atoms with Gasteiger partial charge in [0.15, 0.2) is 0 Å². The van der Waals surface area contributed by atoms with Crippen LogP contribution in [0.4, 0.5) is 5.69 Å². The van der Waals surface area contributed by atoms with Crippen molar-refractivity contribution in [1.82, 2.24) is 15.1 Å². The number of rotatable bonds is 5. The zero-order valence-corrected chi connectivity index (χ0v) is 13.5. The molecule has 124 valence electrons. The van der Waals surface area contributed by atoms with E-state index < -0.39 is 10.5 Å². The standard InChI is InChI=1S/C13H21N5O3.ClH/c1-13(2,17-8-10(7-15-17)18(20)21)12(19)16-11-5-3-4-9(11)6-14;/h7-9,11H,3-6,14H2,1-2H3,(H,16,19);1H. The van der Waals surface area contributed by atoms with E-state index in [1.807, 2.05) is 0 Å². The average molecular weight is 332 g/mol. The molecule has 1 aromatic rings. The fourth-order valence-electron chi connectivity index (χ4n) is 2.67. The van der Waals surface area contributed by atoms with Crippen LogP contribution in [0.15, 0.2) is 12.4 Å². The first-order valence-electron chi connectivity index (χ1n) is 7.07. The van der Waals surface area contributed by atoms with Crippen LogP contribution in [-0.2, 0) is 10.3 Å². The van der Waals surface area contributed by atoms with Gasteiger partial charge < -0.3 is 11.1 Å². The van der Waals surface area contributed by atoms with Crippen molar-refractivity contribution in [1.29, 1.82) is 0 Å². The summed E-state index contributed by atoms with van der Waals surface area (Å²) in [6.07, 6.45) is 5.42. The van der Waals surface area contributed by atoms with Crippen molar-refractivity contribution in [2.75, 3.05) is 6.54 Å². The molecule has 1 fully saturated rings. The Kier molecular flexibility index (Phi) is 5.90. The van der Waals surface area contributed by atoms with Crippen LogP contribution in [0.2, 0.25) is 0 Å². The lowest BCUT2D eigenvalue weighted by atomic mass is 10.0. The number of nitrogens with one attached hydrogen (secondary N) is 1. The van der Waals surface area contributed by atoms with Crippen LogP contribution in [0.1, 0.15) is 33.1 Å². The van der Waals surface area contributed by atoms with Gasteiger partial charge in [-0.1, -0.05) is 6.42 Å². The van der Waals surface area contributed by atoms with E-state index in [1.54, 1.807) is 13.8 Å².